The van der Waals surface area contributed by atoms with Gasteiger partial charge in [0.05, 0.1) is 5.75 Å². The van der Waals surface area contributed by atoms with Crippen LogP contribution in [-0.4, -0.2) is 48.0 Å². The van der Waals surface area contributed by atoms with Gasteiger partial charge < -0.3 is 10.2 Å². The highest BCUT2D eigenvalue weighted by molar-refractivity contribution is 8.00. The molecule has 1 saturated heterocycles. The molecule has 2 atom stereocenters. The maximum absolute atomic E-state index is 12.0. The molecule has 17 heavy (non-hydrogen) atoms. The molecule has 1 amide bonds. The van der Waals surface area contributed by atoms with E-state index in [1.807, 2.05) is 16.7 Å². The highest BCUT2D eigenvalue weighted by Gasteiger charge is 2.22. The van der Waals surface area contributed by atoms with Gasteiger partial charge in [-0.25, -0.2) is 0 Å². The monoisotopic (exact) mass is 256 g/mol. The largest absolute Gasteiger partial charge is 0.339 e. The van der Waals surface area contributed by atoms with Crippen LogP contribution in [0.4, 0.5) is 0 Å². The lowest BCUT2D eigenvalue weighted by atomic mass is 9.91. The first-order chi connectivity index (χ1) is 8.25. The molecule has 1 heterocycles. The Balaban J connectivity index is 1.68. The normalized spacial score (nSPS) is 30.3. The van der Waals surface area contributed by atoms with Crippen LogP contribution in [0.15, 0.2) is 0 Å². The Labute approximate surface area is 109 Å². The molecule has 4 heteroatoms. The molecule has 2 aliphatic rings. The molecule has 2 unspecified atom stereocenters. The van der Waals surface area contributed by atoms with Crippen LogP contribution >= 0.6 is 11.8 Å². The predicted octanol–water partition coefficient (Wildman–Crippen LogP) is 1.73. The predicted molar refractivity (Wildman–Crippen MR) is 73.3 cm³/mol. The van der Waals surface area contributed by atoms with Crippen molar-refractivity contribution in [3.63, 3.8) is 0 Å². The van der Waals surface area contributed by atoms with Gasteiger partial charge in [0, 0.05) is 31.4 Å². The first kappa shape index (κ1) is 13.2. The van der Waals surface area contributed by atoms with E-state index in [1.54, 1.807) is 0 Å². The zero-order chi connectivity index (χ0) is 12.1. The van der Waals surface area contributed by atoms with Gasteiger partial charge in [-0.3, -0.25) is 4.79 Å². The molecule has 0 aromatic rings. The second kappa shape index (κ2) is 6.64. The molecule has 0 aromatic heterocycles. The van der Waals surface area contributed by atoms with Crippen molar-refractivity contribution in [3.8, 4) is 0 Å². The van der Waals surface area contributed by atoms with Crippen LogP contribution in [0.1, 0.15) is 32.6 Å². The maximum Gasteiger partial charge on any atom is 0.232 e. The van der Waals surface area contributed by atoms with Gasteiger partial charge in [0.15, 0.2) is 0 Å². The third kappa shape index (κ3) is 4.18. The maximum atomic E-state index is 12.0. The molecule has 1 N–H and O–H groups in total. The average Bonchev–Trinajstić information content (AvgIpc) is 2.37. The third-order valence-corrected chi connectivity index (χ3v) is 5.11. The van der Waals surface area contributed by atoms with E-state index in [4.69, 9.17) is 0 Å². The SMILES string of the molecule is CC1CCCC(SCC(=O)N2CCNCC2)C1. The fraction of sp³-hybridized carbons (Fsp3) is 0.923. The molecule has 1 saturated carbocycles. The van der Waals surface area contributed by atoms with E-state index >= 15 is 0 Å². The molecule has 0 aromatic carbocycles. The Kier molecular flexibility index (Phi) is 5.16. The molecular weight excluding hydrogens is 232 g/mol. The molecule has 2 rings (SSSR count). The molecule has 98 valence electrons. The number of nitrogens with one attached hydrogen (secondary N) is 1. The van der Waals surface area contributed by atoms with Gasteiger partial charge in [-0.1, -0.05) is 19.8 Å². The van der Waals surface area contributed by atoms with Gasteiger partial charge in [-0.15, -0.1) is 11.8 Å². The van der Waals surface area contributed by atoms with Gasteiger partial charge in [0.2, 0.25) is 5.91 Å². The first-order valence-electron chi connectivity index (χ1n) is 6.86. The summed E-state index contributed by atoms with van der Waals surface area (Å²) in [5, 5.41) is 4.01. The van der Waals surface area contributed by atoms with Gasteiger partial charge in [-0.2, -0.15) is 0 Å². The second-order valence-electron chi connectivity index (χ2n) is 5.34. The Hall–Kier alpha value is -0.220. The van der Waals surface area contributed by atoms with Crippen molar-refractivity contribution in [1.82, 2.24) is 10.2 Å². The molecule has 2 fully saturated rings. The quantitative estimate of drug-likeness (QED) is 0.834. The zero-order valence-electron chi connectivity index (χ0n) is 10.8. The summed E-state index contributed by atoms with van der Waals surface area (Å²) in [6.07, 6.45) is 5.34. The van der Waals surface area contributed by atoms with Gasteiger partial charge in [-0.05, 0) is 18.8 Å². The number of amides is 1. The number of thioether (sulfide) groups is 1. The Morgan fingerprint density at radius 1 is 1.35 bits per heavy atom. The fourth-order valence-electron chi connectivity index (χ4n) is 2.72. The summed E-state index contributed by atoms with van der Waals surface area (Å²) in [5.41, 5.74) is 0. The minimum Gasteiger partial charge on any atom is -0.339 e. The molecule has 1 aliphatic carbocycles. The molecule has 0 spiro atoms. The molecule has 1 aliphatic heterocycles. The lowest BCUT2D eigenvalue weighted by molar-refractivity contribution is -0.128. The lowest BCUT2D eigenvalue weighted by Crippen LogP contribution is -2.47. The van der Waals surface area contributed by atoms with Crippen molar-refractivity contribution >= 4 is 17.7 Å². The van der Waals surface area contributed by atoms with Crippen LogP contribution in [0.3, 0.4) is 0 Å². The Morgan fingerprint density at radius 3 is 2.82 bits per heavy atom. The lowest BCUT2D eigenvalue weighted by Gasteiger charge is -2.29. The standard InChI is InChI=1S/C13H24N2OS/c1-11-3-2-4-12(9-11)17-10-13(16)15-7-5-14-6-8-15/h11-12,14H,2-10H2,1H3. The van der Waals surface area contributed by atoms with E-state index < -0.39 is 0 Å². The van der Waals surface area contributed by atoms with Crippen molar-refractivity contribution < 1.29 is 4.79 Å². The molecule has 0 bridgehead atoms. The van der Waals surface area contributed by atoms with Gasteiger partial charge >= 0.3 is 0 Å². The van der Waals surface area contributed by atoms with E-state index in [1.165, 1.54) is 25.7 Å². The van der Waals surface area contributed by atoms with Crippen molar-refractivity contribution in [3.05, 3.63) is 0 Å². The van der Waals surface area contributed by atoms with Crippen LogP contribution in [0.5, 0.6) is 0 Å². The van der Waals surface area contributed by atoms with E-state index in [0.717, 1.165) is 37.3 Å². The van der Waals surface area contributed by atoms with Gasteiger partial charge in [0.25, 0.3) is 0 Å². The average molecular weight is 256 g/mol. The van der Waals surface area contributed by atoms with E-state index in [-0.39, 0.29) is 0 Å². The Bertz CT molecular complexity index is 254. The zero-order valence-corrected chi connectivity index (χ0v) is 11.6. The van der Waals surface area contributed by atoms with Gasteiger partial charge in [0.1, 0.15) is 0 Å². The van der Waals surface area contributed by atoms with Crippen molar-refractivity contribution in [2.45, 2.75) is 37.9 Å². The summed E-state index contributed by atoms with van der Waals surface area (Å²) in [6, 6.07) is 0. The van der Waals surface area contributed by atoms with Crippen molar-refractivity contribution in [2.75, 3.05) is 31.9 Å². The number of hydrogen-bond acceptors (Lipinski definition) is 3. The molecular formula is C13H24N2OS. The van der Waals surface area contributed by atoms with Crippen molar-refractivity contribution in [2.24, 2.45) is 5.92 Å². The van der Waals surface area contributed by atoms with E-state index in [9.17, 15) is 4.79 Å². The van der Waals surface area contributed by atoms with Crippen LogP contribution in [0.25, 0.3) is 0 Å². The molecule has 3 nitrogen and oxygen atoms in total. The minimum atomic E-state index is 0.342. The summed E-state index contributed by atoms with van der Waals surface area (Å²) in [5.74, 6) is 1.89. The number of carbonyl (C=O) groups is 1. The number of piperazine rings is 1. The van der Waals surface area contributed by atoms with Crippen LogP contribution in [-0.2, 0) is 4.79 Å². The fourth-order valence-corrected chi connectivity index (χ4v) is 4.08. The van der Waals surface area contributed by atoms with Crippen molar-refractivity contribution in [1.29, 1.82) is 0 Å². The number of nitrogens with zero attached hydrogens (tertiary/aromatic N) is 1. The number of hydrogen-bond donors (Lipinski definition) is 1. The number of carbonyl (C=O) groups excluding carboxylic acids is 1. The summed E-state index contributed by atoms with van der Waals surface area (Å²) in [4.78, 5) is 14.0. The summed E-state index contributed by atoms with van der Waals surface area (Å²) < 4.78 is 0. The van der Waals surface area contributed by atoms with Crippen LogP contribution < -0.4 is 5.32 Å². The van der Waals surface area contributed by atoms with E-state index in [2.05, 4.69) is 12.2 Å². The summed E-state index contributed by atoms with van der Waals surface area (Å²) in [6.45, 7) is 6.03. The second-order valence-corrected chi connectivity index (χ2v) is 6.62. The molecule has 0 radical (unpaired) electrons. The Morgan fingerprint density at radius 2 is 2.12 bits per heavy atom. The highest BCUT2D eigenvalue weighted by Crippen LogP contribution is 2.31. The van der Waals surface area contributed by atoms with Crippen LogP contribution in [0.2, 0.25) is 0 Å². The van der Waals surface area contributed by atoms with Crippen LogP contribution in [0, 0.1) is 5.92 Å². The summed E-state index contributed by atoms with van der Waals surface area (Å²) >= 11 is 1.89. The minimum absolute atomic E-state index is 0.342. The number of rotatable bonds is 3. The van der Waals surface area contributed by atoms with E-state index in [0.29, 0.717) is 11.7 Å². The third-order valence-electron chi connectivity index (χ3n) is 3.80. The highest BCUT2D eigenvalue weighted by atomic mass is 32.2. The first-order valence-corrected chi connectivity index (χ1v) is 7.90. The summed E-state index contributed by atoms with van der Waals surface area (Å²) in [7, 11) is 0. The smallest absolute Gasteiger partial charge is 0.232 e. The topological polar surface area (TPSA) is 32.3 Å².